The zero-order valence-electron chi connectivity index (χ0n) is 22.4. The van der Waals surface area contributed by atoms with E-state index < -0.39 is 6.16 Å². The van der Waals surface area contributed by atoms with Crippen LogP contribution in [0.2, 0.25) is 0 Å². The summed E-state index contributed by atoms with van der Waals surface area (Å²) >= 11 is 0. The number of benzene rings is 3. The standard InChI is InChI=1S/C30H34N2O6/c1-6-36-29(35)38-24-14-10-22(11-15-24)28(34)32-23-12-8-21(9-13-23)18-31-27(33)19-37-26-16-7-20(2)17-25(26)30(3,4)5/h7-17H,6,18-19H2,1-5H3,(H,31,33)(H,32,34). The molecule has 0 atom stereocenters. The Morgan fingerprint density at radius 1 is 0.895 bits per heavy atom. The lowest BCUT2D eigenvalue weighted by molar-refractivity contribution is -0.123. The van der Waals surface area contributed by atoms with Gasteiger partial charge >= 0.3 is 6.16 Å². The van der Waals surface area contributed by atoms with Gasteiger partial charge in [-0.05, 0) is 72.9 Å². The van der Waals surface area contributed by atoms with Crippen molar-refractivity contribution in [3.05, 3.63) is 89.0 Å². The average Bonchev–Trinajstić information content (AvgIpc) is 2.87. The van der Waals surface area contributed by atoms with Crippen molar-refractivity contribution in [2.24, 2.45) is 0 Å². The van der Waals surface area contributed by atoms with Crippen LogP contribution in [0.4, 0.5) is 10.5 Å². The molecule has 0 aromatic heterocycles. The molecule has 0 aliphatic carbocycles. The molecule has 0 fully saturated rings. The summed E-state index contributed by atoms with van der Waals surface area (Å²) in [6.45, 7) is 10.5. The van der Waals surface area contributed by atoms with E-state index in [0.717, 1.165) is 16.7 Å². The molecule has 38 heavy (non-hydrogen) atoms. The van der Waals surface area contributed by atoms with Gasteiger partial charge in [0.1, 0.15) is 11.5 Å². The van der Waals surface area contributed by atoms with Crippen LogP contribution in [0.25, 0.3) is 0 Å². The number of rotatable bonds is 9. The highest BCUT2D eigenvalue weighted by molar-refractivity contribution is 6.04. The van der Waals surface area contributed by atoms with Gasteiger partial charge in [-0.25, -0.2) is 4.79 Å². The summed E-state index contributed by atoms with van der Waals surface area (Å²) in [5.74, 6) is 0.458. The first-order valence-corrected chi connectivity index (χ1v) is 12.4. The van der Waals surface area contributed by atoms with Crippen molar-refractivity contribution >= 4 is 23.7 Å². The molecule has 0 radical (unpaired) electrons. The van der Waals surface area contributed by atoms with Crippen LogP contribution in [0.3, 0.4) is 0 Å². The van der Waals surface area contributed by atoms with E-state index in [2.05, 4.69) is 37.5 Å². The second-order valence-corrected chi connectivity index (χ2v) is 9.78. The monoisotopic (exact) mass is 518 g/mol. The highest BCUT2D eigenvalue weighted by Gasteiger charge is 2.19. The Balaban J connectivity index is 1.47. The fraction of sp³-hybridized carbons (Fsp3) is 0.300. The predicted octanol–water partition coefficient (Wildman–Crippen LogP) is 5.78. The lowest BCUT2D eigenvalue weighted by atomic mass is 9.85. The van der Waals surface area contributed by atoms with Gasteiger partial charge in [-0.15, -0.1) is 0 Å². The van der Waals surface area contributed by atoms with Crippen molar-refractivity contribution in [3.8, 4) is 11.5 Å². The normalized spacial score (nSPS) is 10.9. The van der Waals surface area contributed by atoms with Crippen molar-refractivity contribution < 1.29 is 28.6 Å². The number of hydrogen-bond acceptors (Lipinski definition) is 6. The molecule has 3 aromatic rings. The molecule has 200 valence electrons. The number of amides is 2. The zero-order chi connectivity index (χ0) is 27.7. The van der Waals surface area contributed by atoms with Gasteiger partial charge in [0.05, 0.1) is 6.61 Å². The minimum absolute atomic E-state index is 0.0795. The van der Waals surface area contributed by atoms with Crippen LogP contribution in [-0.2, 0) is 21.5 Å². The summed E-state index contributed by atoms with van der Waals surface area (Å²) in [5, 5.41) is 5.67. The Morgan fingerprint density at radius 3 is 2.21 bits per heavy atom. The van der Waals surface area contributed by atoms with Crippen LogP contribution in [0.15, 0.2) is 66.7 Å². The highest BCUT2D eigenvalue weighted by Crippen LogP contribution is 2.32. The fourth-order valence-corrected chi connectivity index (χ4v) is 3.58. The van der Waals surface area contributed by atoms with E-state index in [4.69, 9.17) is 14.2 Å². The van der Waals surface area contributed by atoms with E-state index in [9.17, 15) is 14.4 Å². The molecule has 0 heterocycles. The number of ether oxygens (including phenoxy) is 3. The lowest BCUT2D eigenvalue weighted by Crippen LogP contribution is -2.29. The third-order valence-electron chi connectivity index (χ3n) is 5.58. The molecule has 0 saturated heterocycles. The number of carbonyl (C=O) groups is 3. The van der Waals surface area contributed by atoms with E-state index in [1.54, 1.807) is 31.2 Å². The average molecular weight is 519 g/mol. The minimum atomic E-state index is -0.797. The van der Waals surface area contributed by atoms with Crippen LogP contribution in [0.5, 0.6) is 11.5 Å². The third kappa shape index (κ3) is 8.37. The number of nitrogens with one attached hydrogen (secondary N) is 2. The molecule has 0 aliphatic heterocycles. The predicted molar refractivity (Wildman–Crippen MR) is 146 cm³/mol. The topological polar surface area (TPSA) is 103 Å². The molecular formula is C30H34N2O6. The molecule has 3 aromatic carbocycles. The summed E-state index contributed by atoms with van der Waals surface area (Å²) in [6, 6.07) is 19.3. The maximum Gasteiger partial charge on any atom is 0.513 e. The first kappa shape index (κ1) is 28.2. The van der Waals surface area contributed by atoms with Gasteiger partial charge in [0.25, 0.3) is 11.8 Å². The molecule has 8 nitrogen and oxygen atoms in total. The summed E-state index contributed by atoms with van der Waals surface area (Å²) in [4.78, 5) is 36.3. The molecule has 0 saturated carbocycles. The molecule has 0 bridgehead atoms. The van der Waals surface area contributed by atoms with Gasteiger partial charge in [0, 0.05) is 17.8 Å². The molecule has 3 rings (SSSR count). The Hall–Kier alpha value is -4.33. The number of carbonyl (C=O) groups excluding carboxylic acids is 3. The van der Waals surface area contributed by atoms with Crippen molar-refractivity contribution in [1.82, 2.24) is 5.32 Å². The minimum Gasteiger partial charge on any atom is -0.483 e. The van der Waals surface area contributed by atoms with E-state index in [-0.39, 0.29) is 36.2 Å². The molecular weight excluding hydrogens is 484 g/mol. The summed E-state index contributed by atoms with van der Waals surface area (Å²) in [6.07, 6.45) is -0.797. The molecule has 0 spiro atoms. The lowest BCUT2D eigenvalue weighted by Gasteiger charge is -2.23. The van der Waals surface area contributed by atoms with E-state index in [0.29, 0.717) is 23.5 Å². The van der Waals surface area contributed by atoms with Gasteiger partial charge < -0.3 is 24.8 Å². The maximum absolute atomic E-state index is 12.5. The Morgan fingerprint density at radius 2 is 1.58 bits per heavy atom. The van der Waals surface area contributed by atoms with Crippen molar-refractivity contribution in [1.29, 1.82) is 0 Å². The first-order valence-electron chi connectivity index (χ1n) is 12.4. The molecule has 2 N–H and O–H groups in total. The fourth-order valence-electron chi connectivity index (χ4n) is 3.58. The Bertz CT molecular complexity index is 1260. The SMILES string of the molecule is CCOC(=O)Oc1ccc(C(=O)Nc2ccc(CNC(=O)COc3ccc(C)cc3C(C)(C)C)cc2)cc1. The van der Waals surface area contributed by atoms with Gasteiger partial charge in [0.15, 0.2) is 6.61 Å². The van der Waals surface area contributed by atoms with Gasteiger partial charge in [-0.1, -0.05) is 50.6 Å². The Kier molecular flexibility index (Phi) is 9.49. The zero-order valence-corrected chi connectivity index (χ0v) is 22.4. The molecule has 0 aliphatic rings. The second kappa shape index (κ2) is 12.8. The van der Waals surface area contributed by atoms with E-state index in [1.807, 2.05) is 31.2 Å². The maximum atomic E-state index is 12.5. The van der Waals surface area contributed by atoms with Gasteiger partial charge in [-0.2, -0.15) is 0 Å². The van der Waals surface area contributed by atoms with Crippen molar-refractivity contribution in [2.45, 2.75) is 46.6 Å². The highest BCUT2D eigenvalue weighted by atomic mass is 16.7. The van der Waals surface area contributed by atoms with Crippen LogP contribution in [-0.4, -0.2) is 31.2 Å². The van der Waals surface area contributed by atoms with Crippen molar-refractivity contribution in [3.63, 3.8) is 0 Å². The number of aryl methyl sites for hydroxylation is 1. The third-order valence-corrected chi connectivity index (χ3v) is 5.58. The number of hydrogen-bond donors (Lipinski definition) is 2. The summed E-state index contributed by atoms with van der Waals surface area (Å²) < 4.78 is 15.5. The van der Waals surface area contributed by atoms with Crippen LogP contribution in [0, 0.1) is 6.92 Å². The number of anilines is 1. The first-order chi connectivity index (χ1) is 18.0. The Labute approximate surface area is 223 Å². The van der Waals surface area contributed by atoms with E-state index >= 15 is 0 Å². The van der Waals surface area contributed by atoms with Crippen LogP contribution < -0.4 is 20.1 Å². The van der Waals surface area contributed by atoms with Gasteiger partial charge in [-0.3, -0.25) is 9.59 Å². The van der Waals surface area contributed by atoms with Crippen molar-refractivity contribution in [2.75, 3.05) is 18.5 Å². The summed E-state index contributed by atoms with van der Waals surface area (Å²) in [5.41, 5.74) is 3.99. The second-order valence-electron chi connectivity index (χ2n) is 9.78. The molecule has 0 unspecified atom stereocenters. The summed E-state index contributed by atoms with van der Waals surface area (Å²) in [7, 11) is 0. The van der Waals surface area contributed by atoms with Crippen LogP contribution >= 0.6 is 0 Å². The van der Waals surface area contributed by atoms with E-state index in [1.165, 1.54) is 12.1 Å². The van der Waals surface area contributed by atoms with Crippen LogP contribution in [0.1, 0.15) is 54.7 Å². The molecule has 2 amide bonds. The smallest absolute Gasteiger partial charge is 0.483 e. The van der Waals surface area contributed by atoms with Gasteiger partial charge in [0.2, 0.25) is 0 Å². The largest absolute Gasteiger partial charge is 0.513 e. The molecule has 8 heteroatoms. The quantitative estimate of drug-likeness (QED) is 0.275.